The average molecular weight is 262 g/mol. The molecule has 5 nitrogen and oxygen atoms in total. The van der Waals surface area contributed by atoms with Crippen molar-refractivity contribution >= 4 is 11.7 Å². The van der Waals surface area contributed by atoms with Gasteiger partial charge >= 0.3 is 6.18 Å². The molecule has 1 aromatic rings. The number of hydrogen-bond donors (Lipinski definition) is 2. The summed E-state index contributed by atoms with van der Waals surface area (Å²) in [6, 6.07) is 3.02. The van der Waals surface area contributed by atoms with Gasteiger partial charge in [-0.1, -0.05) is 5.16 Å². The molecule has 3 N–H and O–H groups in total. The molecular weight excluding hydrogens is 249 g/mol. The number of amidine groups is 1. The minimum absolute atomic E-state index is 0.105. The Labute approximate surface area is 102 Å². The first-order valence-corrected chi connectivity index (χ1v) is 5.05. The van der Waals surface area contributed by atoms with Crippen LogP contribution >= 0.6 is 0 Å². The topological polar surface area (TPSA) is 74.7 Å². The Morgan fingerprint density at radius 2 is 2.17 bits per heavy atom. The second-order valence-electron chi connectivity index (χ2n) is 3.68. The van der Waals surface area contributed by atoms with Gasteiger partial charge < -0.3 is 15.8 Å². The van der Waals surface area contributed by atoms with Gasteiger partial charge in [-0.15, -0.1) is 0 Å². The van der Waals surface area contributed by atoms with Gasteiger partial charge in [-0.05, 0) is 12.1 Å². The number of anilines is 1. The Kier molecular flexibility index (Phi) is 4.35. The Morgan fingerprint density at radius 1 is 1.50 bits per heavy atom. The van der Waals surface area contributed by atoms with Crippen molar-refractivity contribution in [2.45, 2.75) is 12.6 Å². The summed E-state index contributed by atoms with van der Waals surface area (Å²) in [5, 5.41) is 11.2. The molecule has 1 aromatic heterocycles. The molecule has 0 radical (unpaired) electrons. The van der Waals surface area contributed by atoms with E-state index in [4.69, 9.17) is 10.9 Å². The summed E-state index contributed by atoms with van der Waals surface area (Å²) in [7, 11) is 1.51. The zero-order valence-corrected chi connectivity index (χ0v) is 9.65. The highest BCUT2D eigenvalue weighted by Crippen LogP contribution is 2.20. The van der Waals surface area contributed by atoms with E-state index >= 15 is 0 Å². The standard InChI is InChI=1S/C10H13F3N4O/c1-17(5-4-10(11,12)13)8-3-2-7(6-15-8)9(14)16-18/h2-3,6,18H,4-5H2,1H3,(H2,14,16). The van der Waals surface area contributed by atoms with Crippen molar-refractivity contribution in [2.75, 3.05) is 18.5 Å². The molecule has 100 valence electrons. The normalized spacial score (nSPS) is 12.6. The molecule has 0 aliphatic heterocycles. The van der Waals surface area contributed by atoms with Gasteiger partial charge in [0, 0.05) is 25.4 Å². The van der Waals surface area contributed by atoms with Crippen molar-refractivity contribution < 1.29 is 18.4 Å². The van der Waals surface area contributed by atoms with Crippen LogP contribution in [0.15, 0.2) is 23.5 Å². The fourth-order valence-corrected chi connectivity index (χ4v) is 1.23. The van der Waals surface area contributed by atoms with E-state index in [1.165, 1.54) is 30.3 Å². The lowest BCUT2D eigenvalue weighted by Crippen LogP contribution is -2.25. The summed E-state index contributed by atoms with van der Waals surface area (Å²) < 4.78 is 36.1. The minimum Gasteiger partial charge on any atom is -0.409 e. The van der Waals surface area contributed by atoms with E-state index in [-0.39, 0.29) is 12.4 Å². The van der Waals surface area contributed by atoms with Crippen molar-refractivity contribution in [2.24, 2.45) is 10.9 Å². The molecule has 0 aliphatic rings. The lowest BCUT2D eigenvalue weighted by Gasteiger charge is -2.19. The number of oxime groups is 1. The summed E-state index contributed by atoms with van der Waals surface area (Å²) in [5.41, 5.74) is 5.73. The van der Waals surface area contributed by atoms with Gasteiger partial charge in [-0.3, -0.25) is 0 Å². The molecule has 0 amide bonds. The molecular formula is C10H13F3N4O. The molecule has 0 bridgehead atoms. The number of rotatable bonds is 4. The first-order valence-electron chi connectivity index (χ1n) is 5.05. The van der Waals surface area contributed by atoms with Crippen LogP contribution in [-0.2, 0) is 0 Å². The van der Waals surface area contributed by atoms with Gasteiger partial charge in [0.2, 0.25) is 0 Å². The Hall–Kier alpha value is -1.99. The van der Waals surface area contributed by atoms with Crippen molar-refractivity contribution in [3.05, 3.63) is 23.9 Å². The number of halogens is 3. The van der Waals surface area contributed by atoms with E-state index in [0.717, 1.165) is 0 Å². The molecule has 0 aromatic carbocycles. The largest absolute Gasteiger partial charge is 0.409 e. The molecule has 0 spiro atoms. The number of hydrogen-bond acceptors (Lipinski definition) is 4. The maximum atomic E-state index is 12.0. The van der Waals surface area contributed by atoms with Gasteiger partial charge in [0.25, 0.3) is 0 Å². The molecule has 8 heteroatoms. The van der Waals surface area contributed by atoms with Gasteiger partial charge in [-0.2, -0.15) is 13.2 Å². The summed E-state index contributed by atoms with van der Waals surface area (Å²) in [4.78, 5) is 5.31. The Balaban J connectivity index is 2.67. The highest BCUT2D eigenvalue weighted by Gasteiger charge is 2.27. The van der Waals surface area contributed by atoms with Crippen molar-refractivity contribution in [3.8, 4) is 0 Å². The van der Waals surface area contributed by atoms with Crippen LogP contribution in [0.4, 0.5) is 19.0 Å². The fourth-order valence-electron chi connectivity index (χ4n) is 1.23. The second kappa shape index (κ2) is 5.56. The number of pyridine rings is 1. The molecule has 0 saturated heterocycles. The SMILES string of the molecule is CN(CCC(F)(F)F)c1ccc(C(N)=NO)cn1. The van der Waals surface area contributed by atoms with Crippen LogP contribution < -0.4 is 10.6 Å². The maximum absolute atomic E-state index is 12.0. The van der Waals surface area contributed by atoms with E-state index in [0.29, 0.717) is 11.4 Å². The zero-order valence-electron chi connectivity index (χ0n) is 9.65. The number of aromatic nitrogens is 1. The summed E-state index contributed by atoms with van der Waals surface area (Å²) in [5.74, 6) is 0.278. The van der Waals surface area contributed by atoms with Crippen LogP contribution in [0.2, 0.25) is 0 Å². The van der Waals surface area contributed by atoms with E-state index in [1.54, 1.807) is 0 Å². The maximum Gasteiger partial charge on any atom is 0.390 e. The zero-order chi connectivity index (χ0) is 13.8. The minimum atomic E-state index is -4.19. The molecule has 18 heavy (non-hydrogen) atoms. The quantitative estimate of drug-likeness (QED) is 0.374. The lowest BCUT2D eigenvalue weighted by molar-refractivity contribution is -0.132. The number of nitrogens with zero attached hydrogens (tertiary/aromatic N) is 3. The predicted molar refractivity (Wildman–Crippen MR) is 60.7 cm³/mol. The van der Waals surface area contributed by atoms with E-state index in [2.05, 4.69) is 10.1 Å². The van der Waals surface area contributed by atoms with Gasteiger partial charge in [-0.25, -0.2) is 4.98 Å². The van der Waals surface area contributed by atoms with Crippen LogP contribution in [0.5, 0.6) is 0 Å². The molecule has 0 saturated carbocycles. The predicted octanol–water partition coefficient (Wildman–Crippen LogP) is 1.56. The molecule has 0 atom stereocenters. The molecule has 0 unspecified atom stereocenters. The molecule has 0 aliphatic carbocycles. The van der Waals surface area contributed by atoms with E-state index < -0.39 is 12.6 Å². The monoisotopic (exact) mass is 262 g/mol. The van der Waals surface area contributed by atoms with E-state index in [1.807, 2.05) is 0 Å². The Morgan fingerprint density at radius 3 is 2.61 bits per heavy atom. The summed E-state index contributed by atoms with van der Waals surface area (Å²) >= 11 is 0. The van der Waals surface area contributed by atoms with Gasteiger partial charge in [0.05, 0.1) is 6.42 Å². The Bertz CT molecular complexity index is 416. The molecule has 1 rings (SSSR count). The second-order valence-corrected chi connectivity index (χ2v) is 3.68. The average Bonchev–Trinajstić information content (AvgIpc) is 2.34. The van der Waals surface area contributed by atoms with Crippen LogP contribution in [0.25, 0.3) is 0 Å². The van der Waals surface area contributed by atoms with E-state index in [9.17, 15) is 13.2 Å². The van der Waals surface area contributed by atoms with Crippen molar-refractivity contribution in [1.82, 2.24) is 4.98 Å². The van der Waals surface area contributed by atoms with Crippen LogP contribution in [0.3, 0.4) is 0 Å². The summed E-state index contributed by atoms with van der Waals surface area (Å²) in [6.07, 6.45) is -3.77. The summed E-state index contributed by atoms with van der Waals surface area (Å²) in [6.45, 7) is -0.181. The number of alkyl halides is 3. The first kappa shape index (κ1) is 14.1. The van der Waals surface area contributed by atoms with Gasteiger partial charge in [0.15, 0.2) is 5.84 Å². The van der Waals surface area contributed by atoms with Crippen molar-refractivity contribution in [1.29, 1.82) is 0 Å². The van der Waals surface area contributed by atoms with Crippen molar-refractivity contribution in [3.63, 3.8) is 0 Å². The highest BCUT2D eigenvalue weighted by molar-refractivity contribution is 5.96. The molecule has 0 fully saturated rings. The van der Waals surface area contributed by atoms with Crippen LogP contribution in [-0.4, -0.2) is 35.8 Å². The first-order chi connectivity index (χ1) is 8.33. The molecule has 1 heterocycles. The van der Waals surface area contributed by atoms with Crippen LogP contribution in [0, 0.1) is 0 Å². The third-order valence-electron chi connectivity index (χ3n) is 2.27. The van der Waals surface area contributed by atoms with Crippen LogP contribution in [0.1, 0.15) is 12.0 Å². The fraction of sp³-hybridized carbons (Fsp3) is 0.400. The third-order valence-corrected chi connectivity index (χ3v) is 2.27. The smallest absolute Gasteiger partial charge is 0.390 e. The highest BCUT2D eigenvalue weighted by atomic mass is 19.4. The van der Waals surface area contributed by atoms with Gasteiger partial charge in [0.1, 0.15) is 5.82 Å². The third kappa shape index (κ3) is 4.11. The lowest BCUT2D eigenvalue weighted by atomic mass is 10.2. The number of nitrogens with two attached hydrogens (primary N) is 1.